The number of halogens is 2. The zero-order valence-corrected chi connectivity index (χ0v) is 17.7. The largest absolute Gasteiger partial charge is 0.459 e. The van der Waals surface area contributed by atoms with Crippen LogP contribution in [0.5, 0.6) is 0 Å². The summed E-state index contributed by atoms with van der Waals surface area (Å²) >= 11 is 13.4. The molecule has 0 fully saturated rings. The van der Waals surface area contributed by atoms with Gasteiger partial charge in [0.15, 0.2) is 0 Å². The third-order valence-corrected chi connectivity index (χ3v) is 6.38. The van der Waals surface area contributed by atoms with E-state index >= 15 is 0 Å². The van der Waals surface area contributed by atoms with Crippen LogP contribution in [0.15, 0.2) is 18.2 Å². The molecule has 1 aliphatic rings. The summed E-state index contributed by atoms with van der Waals surface area (Å²) in [5.41, 5.74) is 1.88. The zero-order chi connectivity index (χ0) is 19.7. The minimum absolute atomic E-state index is 0.228. The van der Waals surface area contributed by atoms with Crippen LogP contribution >= 0.6 is 34.5 Å². The van der Waals surface area contributed by atoms with Gasteiger partial charge in [-0.25, -0.2) is 4.79 Å². The number of esters is 1. The molecule has 0 spiro atoms. The zero-order valence-electron chi connectivity index (χ0n) is 15.4. The molecule has 1 aliphatic carbocycles. The summed E-state index contributed by atoms with van der Waals surface area (Å²) in [7, 11) is 0. The van der Waals surface area contributed by atoms with Crippen LogP contribution in [0, 0.1) is 5.92 Å². The topological polar surface area (TPSA) is 55.4 Å². The normalized spacial score (nSPS) is 16.1. The Kier molecular flexibility index (Phi) is 6.14. The number of amides is 1. The second-order valence-corrected chi connectivity index (χ2v) is 9.01. The molecule has 1 atom stereocenters. The molecule has 1 heterocycles. The van der Waals surface area contributed by atoms with Gasteiger partial charge in [-0.2, -0.15) is 0 Å². The van der Waals surface area contributed by atoms with Crippen LogP contribution in [0.1, 0.15) is 58.3 Å². The van der Waals surface area contributed by atoms with E-state index in [2.05, 4.69) is 12.2 Å². The van der Waals surface area contributed by atoms with Gasteiger partial charge in [0.05, 0.1) is 21.7 Å². The van der Waals surface area contributed by atoms with Crippen LogP contribution < -0.4 is 5.32 Å². The number of nitrogens with one attached hydrogen (secondary N) is 1. The fourth-order valence-electron chi connectivity index (χ4n) is 3.14. The number of carbonyl (C=O) groups is 2. The molecule has 0 bridgehead atoms. The summed E-state index contributed by atoms with van der Waals surface area (Å²) in [6.45, 7) is 5.82. The molecule has 0 saturated carbocycles. The highest BCUT2D eigenvalue weighted by molar-refractivity contribution is 7.17. The van der Waals surface area contributed by atoms with E-state index in [0.29, 0.717) is 32.1 Å². The number of fused-ring (bicyclic) bond motifs is 1. The van der Waals surface area contributed by atoms with E-state index in [1.165, 1.54) is 17.4 Å². The standard InChI is InChI=1S/C20H21Cl2NO3S/c1-10(2)26-20(25)17-13-6-4-11(3)8-16(13)27-19(17)23-18(24)12-5-7-14(21)15(22)9-12/h5,7,9-11H,4,6,8H2,1-3H3,(H,23,24). The SMILES string of the molecule is CC1CCc2c(sc(NC(=O)c3ccc(Cl)c(Cl)c3)c2C(=O)OC(C)C)C1. The third kappa shape index (κ3) is 4.48. The maximum absolute atomic E-state index is 12.7. The van der Waals surface area contributed by atoms with Crippen LogP contribution in [0.3, 0.4) is 0 Å². The van der Waals surface area contributed by atoms with E-state index in [-0.39, 0.29) is 18.0 Å². The van der Waals surface area contributed by atoms with Crippen molar-refractivity contribution in [1.29, 1.82) is 0 Å². The van der Waals surface area contributed by atoms with E-state index in [1.807, 2.05) is 13.8 Å². The van der Waals surface area contributed by atoms with Gasteiger partial charge >= 0.3 is 5.97 Å². The van der Waals surface area contributed by atoms with Crippen LogP contribution in [-0.4, -0.2) is 18.0 Å². The third-order valence-electron chi connectivity index (χ3n) is 4.47. The lowest BCUT2D eigenvalue weighted by Gasteiger charge is -2.18. The summed E-state index contributed by atoms with van der Waals surface area (Å²) in [6, 6.07) is 4.69. The molecule has 1 aromatic heterocycles. The highest BCUT2D eigenvalue weighted by atomic mass is 35.5. The van der Waals surface area contributed by atoms with Crippen LogP contribution in [0.25, 0.3) is 0 Å². The van der Waals surface area contributed by atoms with Crippen LogP contribution in [0.2, 0.25) is 10.0 Å². The van der Waals surface area contributed by atoms with Gasteiger partial charge in [-0.3, -0.25) is 4.79 Å². The summed E-state index contributed by atoms with van der Waals surface area (Å²) in [4.78, 5) is 26.5. The molecule has 144 valence electrons. The van der Waals surface area contributed by atoms with Crippen molar-refractivity contribution in [3.63, 3.8) is 0 Å². The molecule has 7 heteroatoms. The highest BCUT2D eigenvalue weighted by Crippen LogP contribution is 2.40. The second kappa shape index (κ2) is 8.21. The Bertz CT molecular complexity index is 892. The lowest BCUT2D eigenvalue weighted by Crippen LogP contribution is -2.18. The maximum Gasteiger partial charge on any atom is 0.341 e. The molecule has 0 radical (unpaired) electrons. The van der Waals surface area contributed by atoms with Gasteiger partial charge in [-0.1, -0.05) is 30.1 Å². The lowest BCUT2D eigenvalue weighted by molar-refractivity contribution is 0.0378. The van der Waals surface area contributed by atoms with E-state index in [0.717, 1.165) is 29.7 Å². The number of carbonyl (C=O) groups excluding carboxylic acids is 2. The summed E-state index contributed by atoms with van der Waals surface area (Å²) in [6.07, 6.45) is 2.52. The Labute approximate surface area is 172 Å². The van der Waals surface area contributed by atoms with Crippen molar-refractivity contribution in [1.82, 2.24) is 0 Å². The Morgan fingerprint density at radius 1 is 1.26 bits per heavy atom. The molecule has 1 aromatic carbocycles. The lowest BCUT2D eigenvalue weighted by atomic mass is 9.88. The van der Waals surface area contributed by atoms with Crippen LogP contribution in [-0.2, 0) is 17.6 Å². The number of benzene rings is 1. The fraction of sp³-hybridized carbons (Fsp3) is 0.400. The van der Waals surface area contributed by atoms with E-state index in [4.69, 9.17) is 27.9 Å². The van der Waals surface area contributed by atoms with Crippen molar-refractivity contribution in [2.45, 2.75) is 46.1 Å². The number of ether oxygens (including phenoxy) is 1. The predicted molar refractivity (Wildman–Crippen MR) is 110 cm³/mol. The van der Waals surface area contributed by atoms with Crippen LogP contribution in [0.4, 0.5) is 5.00 Å². The van der Waals surface area contributed by atoms with E-state index in [9.17, 15) is 9.59 Å². The Hall–Kier alpha value is -1.56. The second-order valence-electron chi connectivity index (χ2n) is 7.09. The highest BCUT2D eigenvalue weighted by Gasteiger charge is 2.29. The minimum atomic E-state index is -0.388. The van der Waals surface area contributed by atoms with E-state index < -0.39 is 0 Å². The monoisotopic (exact) mass is 425 g/mol. The first-order valence-electron chi connectivity index (χ1n) is 8.88. The number of hydrogen-bond acceptors (Lipinski definition) is 4. The van der Waals surface area contributed by atoms with Crippen molar-refractivity contribution < 1.29 is 14.3 Å². The number of anilines is 1. The van der Waals surface area contributed by atoms with Gasteiger partial charge in [-0.05, 0) is 62.8 Å². The van der Waals surface area contributed by atoms with Crippen molar-refractivity contribution in [2.75, 3.05) is 5.32 Å². The molecule has 2 aromatic rings. The molecule has 27 heavy (non-hydrogen) atoms. The quantitative estimate of drug-likeness (QED) is 0.611. The molecule has 1 amide bonds. The van der Waals surface area contributed by atoms with Gasteiger partial charge < -0.3 is 10.1 Å². The van der Waals surface area contributed by atoms with Gasteiger partial charge in [0.25, 0.3) is 5.91 Å². The van der Waals surface area contributed by atoms with Crippen molar-refractivity contribution >= 4 is 51.4 Å². The summed E-state index contributed by atoms with van der Waals surface area (Å²) in [5.74, 6) is -0.163. The first kappa shape index (κ1) is 20.2. The number of thiophene rings is 1. The van der Waals surface area contributed by atoms with Gasteiger partial charge in [0.2, 0.25) is 0 Å². The fourth-order valence-corrected chi connectivity index (χ4v) is 4.83. The molecular weight excluding hydrogens is 405 g/mol. The predicted octanol–water partition coefficient (Wildman–Crippen LogP) is 6.00. The number of rotatable bonds is 4. The molecule has 4 nitrogen and oxygen atoms in total. The van der Waals surface area contributed by atoms with Crippen molar-refractivity contribution in [2.24, 2.45) is 5.92 Å². The van der Waals surface area contributed by atoms with Gasteiger partial charge in [0, 0.05) is 10.4 Å². The van der Waals surface area contributed by atoms with Gasteiger partial charge in [0.1, 0.15) is 5.00 Å². The molecular formula is C20H21Cl2NO3S. The smallest absolute Gasteiger partial charge is 0.341 e. The molecule has 3 rings (SSSR count). The first-order valence-corrected chi connectivity index (χ1v) is 10.5. The molecule has 1 unspecified atom stereocenters. The molecule has 1 N–H and O–H groups in total. The Morgan fingerprint density at radius 3 is 2.67 bits per heavy atom. The molecule has 0 saturated heterocycles. The summed E-state index contributed by atoms with van der Waals surface area (Å²) < 4.78 is 5.43. The maximum atomic E-state index is 12.7. The minimum Gasteiger partial charge on any atom is -0.459 e. The van der Waals surface area contributed by atoms with Crippen molar-refractivity contribution in [3.05, 3.63) is 49.8 Å². The number of hydrogen-bond donors (Lipinski definition) is 1. The summed E-state index contributed by atoms with van der Waals surface area (Å²) in [5, 5.41) is 4.11. The molecule has 0 aliphatic heterocycles. The Balaban J connectivity index is 1.95. The Morgan fingerprint density at radius 2 is 2.00 bits per heavy atom. The van der Waals surface area contributed by atoms with Crippen molar-refractivity contribution in [3.8, 4) is 0 Å². The first-order chi connectivity index (χ1) is 12.8. The van der Waals surface area contributed by atoms with E-state index in [1.54, 1.807) is 12.1 Å². The average Bonchev–Trinajstić information content (AvgIpc) is 2.93. The average molecular weight is 426 g/mol. The van der Waals surface area contributed by atoms with Gasteiger partial charge in [-0.15, -0.1) is 11.3 Å².